The van der Waals surface area contributed by atoms with Crippen molar-refractivity contribution in [2.45, 2.75) is 31.4 Å². The van der Waals surface area contributed by atoms with E-state index < -0.39 is 5.25 Å². The van der Waals surface area contributed by atoms with Crippen molar-refractivity contribution in [3.63, 3.8) is 0 Å². The first-order valence-corrected chi connectivity index (χ1v) is 8.04. The molecule has 1 heterocycles. The van der Waals surface area contributed by atoms with Crippen LogP contribution in [0.2, 0.25) is 0 Å². The van der Waals surface area contributed by atoms with Crippen molar-refractivity contribution in [2.75, 3.05) is 11.9 Å². The minimum Gasteiger partial charge on any atom is -0.491 e. The number of para-hydroxylation sites is 2. The Kier molecular flexibility index (Phi) is 5.83. The van der Waals surface area contributed by atoms with Crippen molar-refractivity contribution in [1.29, 1.82) is 0 Å². The molecule has 6 nitrogen and oxygen atoms in total. The molecule has 0 fully saturated rings. The number of rotatable bonds is 7. The summed E-state index contributed by atoms with van der Waals surface area (Å²) in [5.74, 6) is 0.0119. The average Bonchev–Trinajstić information content (AvgIpc) is 2.79. The first-order valence-electron chi connectivity index (χ1n) is 7.16. The maximum Gasteiger partial charge on any atom is 0.262 e. The van der Waals surface area contributed by atoms with E-state index in [1.807, 2.05) is 18.2 Å². The Balaban J connectivity index is 1.92. The number of benzene rings is 1. The fourth-order valence-corrected chi connectivity index (χ4v) is 2.75. The van der Waals surface area contributed by atoms with Gasteiger partial charge in [0.05, 0.1) is 12.3 Å². The number of aliphatic imine (C=N–C) groups is 1. The Hall–Kier alpha value is -2.02. The van der Waals surface area contributed by atoms with Gasteiger partial charge in [-0.3, -0.25) is 9.59 Å². The Bertz CT molecular complexity index is 589. The molecule has 1 aliphatic rings. The maximum atomic E-state index is 12.1. The van der Waals surface area contributed by atoms with Gasteiger partial charge in [-0.25, -0.2) is 0 Å². The molecule has 7 heteroatoms. The van der Waals surface area contributed by atoms with Gasteiger partial charge in [0, 0.05) is 6.42 Å². The summed E-state index contributed by atoms with van der Waals surface area (Å²) in [6.45, 7) is 2.69. The second-order valence-corrected chi connectivity index (χ2v) is 6.07. The first-order chi connectivity index (χ1) is 10.6. The van der Waals surface area contributed by atoms with Crippen molar-refractivity contribution in [1.82, 2.24) is 0 Å². The number of ether oxygens (including phenoxy) is 1. The molecule has 1 aliphatic heterocycles. The Morgan fingerprint density at radius 1 is 1.45 bits per heavy atom. The van der Waals surface area contributed by atoms with E-state index in [0.29, 0.717) is 18.0 Å². The number of amidine groups is 1. The largest absolute Gasteiger partial charge is 0.491 e. The molecule has 0 aliphatic carbocycles. The van der Waals surface area contributed by atoms with Gasteiger partial charge in [0.1, 0.15) is 11.0 Å². The normalized spacial score (nSPS) is 17.2. The minimum atomic E-state index is -0.534. The van der Waals surface area contributed by atoms with Crippen LogP contribution in [0.4, 0.5) is 5.69 Å². The molecule has 0 saturated carbocycles. The summed E-state index contributed by atoms with van der Waals surface area (Å²) in [6.07, 6.45) is 2.03. The molecule has 0 saturated heterocycles. The van der Waals surface area contributed by atoms with Crippen LogP contribution in [-0.4, -0.2) is 28.8 Å². The Morgan fingerprint density at radius 3 is 2.91 bits per heavy atom. The number of thioether (sulfide) groups is 1. The number of carbonyl (C=O) groups excluding carboxylic acids is 2. The summed E-state index contributed by atoms with van der Waals surface area (Å²) in [4.78, 5) is 27.2. The fraction of sp³-hybridized carbons (Fsp3) is 0.400. The van der Waals surface area contributed by atoms with Crippen LogP contribution in [0.3, 0.4) is 0 Å². The van der Waals surface area contributed by atoms with Gasteiger partial charge in [-0.1, -0.05) is 37.2 Å². The molecule has 1 atom stereocenters. The van der Waals surface area contributed by atoms with Crippen molar-refractivity contribution >= 4 is 34.4 Å². The molecular weight excluding hydrogens is 302 g/mol. The molecular formula is C15H19N3O3S. The lowest BCUT2D eigenvalue weighted by Crippen LogP contribution is -2.22. The molecule has 2 amide bonds. The third-order valence-electron chi connectivity index (χ3n) is 3.05. The van der Waals surface area contributed by atoms with Crippen LogP contribution in [0, 0.1) is 0 Å². The first kappa shape index (κ1) is 16.4. The molecule has 1 aromatic carbocycles. The fourth-order valence-electron chi connectivity index (χ4n) is 1.92. The monoisotopic (exact) mass is 321 g/mol. The van der Waals surface area contributed by atoms with Crippen molar-refractivity contribution in [2.24, 2.45) is 10.7 Å². The van der Waals surface area contributed by atoms with E-state index in [9.17, 15) is 9.59 Å². The third kappa shape index (κ3) is 4.49. The highest BCUT2D eigenvalue weighted by Crippen LogP contribution is 2.26. The van der Waals surface area contributed by atoms with Crippen molar-refractivity contribution < 1.29 is 14.3 Å². The summed E-state index contributed by atoms with van der Waals surface area (Å²) in [5.41, 5.74) is 6.08. The Morgan fingerprint density at radius 2 is 2.23 bits per heavy atom. The highest BCUT2D eigenvalue weighted by atomic mass is 32.2. The lowest BCUT2D eigenvalue weighted by atomic mass is 10.2. The van der Waals surface area contributed by atoms with E-state index in [1.165, 1.54) is 0 Å². The molecule has 22 heavy (non-hydrogen) atoms. The zero-order valence-electron chi connectivity index (χ0n) is 12.4. The molecule has 2 rings (SSSR count). The second kappa shape index (κ2) is 7.84. The topological polar surface area (TPSA) is 93.8 Å². The number of hydrogen-bond donors (Lipinski definition) is 2. The van der Waals surface area contributed by atoms with Gasteiger partial charge in [-0.15, -0.1) is 0 Å². The van der Waals surface area contributed by atoms with E-state index in [2.05, 4.69) is 17.2 Å². The van der Waals surface area contributed by atoms with Crippen LogP contribution in [0.5, 0.6) is 5.75 Å². The summed E-state index contributed by atoms with van der Waals surface area (Å²) < 4.78 is 5.66. The van der Waals surface area contributed by atoms with E-state index in [4.69, 9.17) is 10.5 Å². The van der Waals surface area contributed by atoms with E-state index >= 15 is 0 Å². The number of amides is 2. The number of nitrogens with zero attached hydrogens (tertiary/aromatic N) is 1. The SMILES string of the molecule is CCCCOc1ccccc1NC(=O)C[C@@H]1SC(N)=NC1=O. The lowest BCUT2D eigenvalue weighted by Gasteiger charge is -2.13. The van der Waals surface area contributed by atoms with Gasteiger partial charge >= 0.3 is 0 Å². The van der Waals surface area contributed by atoms with Crippen LogP contribution in [-0.2, 0) is 9.59 Å². The lowest BCUT2D eigenvalue weighted by molar-refractivity contribution is -0.121. The van der Waals surface area contributed by atoms with E-state index in [1.54, 1.807) is 6.07 Å². The number of carbonyl (C=O) groups is 2. The number of anilines is 1. The predicted octanol–water partition coefficient (Wildman–Crippen LogP) is 2.15. The third-order valence-corrected chi connectivity index (χ3v) is 4.03. The van der Waals surface area contributed by atoms with Crippen molar-refractivity contribution in [3.05, 3.63) is 24.3 Å². The van der Waals surface area contributed by atoms with Crippen LogP contribution < -0.4 is 15.8 Å². The molecule has 1 aromatic rings. The molecule has 0 bridgehead atoms. The molecule has 0 unspecified atom stereocenters. The van der Waals surface area contributed by atoms with Gasteiger partial charge in [-0.05, 0) is 18.6 Å². The maximum absolute atomic E-state index is 12.1. The molecule has 0 radical (unpaired) electrons. The molecule has 3 N–H and O–H groups in total. The number of hydrogen-bond acceptors (Lipinski definition) is 5. The van der Waals surface area contributed by atoms with Gasteiger partial charge in [0.25, 0.3) is 5.91 Å². The van der Waals surface area contributed by atoms with Crippen LogP contribution in [0.1, 0.15) is 26.2 Å². The van der Waals surface area contributed by atoms with Crippen LogP contribution in [0.15, 0.2) is 29.3 Å². The smallest absolute Gasteiger partial charge is 0.262 e. The molecule has 0 aromatic heterocycles. The average molecular weight is 321 g/mol. The highest BCUT2D eigenvalue weighted by molar-refractivity contribution is 8.15. The predicted molar refractivity (Wildman–Crippen MR) is 88.1 cm³/mol. The van der Waals surface area contributed by atoms with Gasteiger partial charge in [0.2, 0.25) is 5.91 Å². The number of nitrogens with two attached hydrogens (primary N) is 1. The summed E-state index contributed by atoms with van der Waals surface area (Å²) in [6, 6.07) is 7.25. The molecule has 118 valence electrons. The van der Waals surface area contributed by atoms with Gasteiger partial charge in [0.15, 0.2) is 5.17 Å². The highest BCUT2D eigenvalue weighted by Gasteiger charge is 2.29. The summed E-state index contributed by atoms with van der Waals surface area (Å²) in [5, 5.41) is 2.46. The second-order valence-electron chi connectivity index (χ2n) is 4.85. The van der Waals surface area contributed by atoms with E-state index in [0.717, 1.165) is 24.6 Å². The quantitative estimate of drug-likeness (QED) is 0.751. The van der Waals surface area contributed by atoms with Crippen LogP contribution in [0.25, 0.3) is 0 Å². The number of nitrogens with one attached hydrogen (secondary N) is 1. The molecule has 0 spiro atoms. The minimum absolute atomic E-state index is 0.0387. The zero-order chi connectivity index (χ0) is 15.9. The summed E-state index contributed by atoms with van der Waals surface area (Å²) in [7, 11) is 0. The Labute approximate surface area is 133 Å². The van der Waals surface area contributed by atoms with Crippen molar-refractivity contribution in [3.8, 4) is 5.75 Å². The van der Waals surface area contributed by atoms with Gasteiger partial charge in [-0.2, -0.15) is 4.99 Å². The summed E-state index contributed by atoms with van der Waals surface area (Å²) >= 11 is 1.12. The standard InChI is InChI=1S/C15H19N3O3S/c1-2-3-8-21-11-7-5-4-6-10(11)17-13(19)9-12-14(20)18-15(16)22-12/h4-7,12H,2-3,8-9H2,1H3,(H,17,19)(H2,16,18,20)/t12-/m0/s1. The van der Waals surface area contributed by atoms with E-state index in [-0.39, 0.29) is 23.4 Å². The zero-order valence-corrected chi connectivity index (χ0v) is 13.2. The van der Waals surface area contributed by atoms with Crippen LogP contribution >= 0.6 is 11.8 Å². The number of unbranched alkanes of at least 4 members (excludes halogenated alkanes) is 1. The van der Waals surface area contributed by atoms with Gasteiger partial charge < -0.3 is 15.8 Å².